The minimum atomic E-state index is -1.22. The van der Waals surface area contributed by atoms with Gasteiger partial charge in [-0.15, -0.1) is 0 Å². The van der Waals surface area contributed by atoms with Gasteiger partial charge in [-0.25, -0.2) is 0 Å². The van der Waals surface area contributed by atoms with E-state index in [9.17, 15) is 9.90 Å². The van der Waals surface area contributed by atoms with Gasteiger partial charge in [0.15, 0.2) is 0 Å². The Hall–Kier alpha value is -2.37. The molecule has 132 valence electrons. The number of aliphatic hydroxyl groups is 1. The second-order valence-electron chi connectivity index (χ2n) is 6.36. The highest BCUT2D eigenvalue weighted by molar-refractivity contribution is 5.78. The molecule has 1 aliphatic rings. The fourth-order valence-electron chi connectivity index (χ4n) is 2.83. The minimum absolute atomic E-state index is 0.0187. The quantitative estimate of drug-likeness (QED) is 0.902. The van der Waals surface area contributed by atoms with Gasteiger partial charge in [-0.05, 0) is 17.7 Å². The molecule has 0 saturated carbocycles. The van der Waals surface area contributed by atoms with E-state index >= 15 is 0 Å². The zero-order valence-corrected chi connectivity index (χ0v) is 14.1. The average Bonchev–Trinajstić information content (AvgIpc) is 2.84. The van der Waals surface area contributed by atoms with Crippen molar-refractivity contribution < 1.29 is 19.4 Å². The Morgan fingerprint density at radius 1 is 1.12 bits per heavy atom. The molecule has 25 heavy (non-hydrogen) atoms. The average molecular weight is 341 g/mol. The molecule has 1 atom stereocenters. The first kappa shape index (κ1) is 17.5. The van der Waals surface area contributed by atoms with Gasteiger partial charge in [-0.2, -0.15) is 0 Å². The van der Waals surface area contributed by atoms with E-state index in [1.165, 1.54) is 0 Å². The molecular weight excluding hydrogens is 318 g/mol. The van der Waals surface area contributed by atoms with E-state index in [1.807, 2.05) is 60.7 Å². The number of ether oxygens (including phenoxy) is 2. The lowest BCUT2D eigenvalue weighted by molar-refractivity contribution is -0.134. The summed E-state index contributed by atoms with van der Waals surface area (Å²) in [6.45, 7) is 1.31. The monoisotopic (exact) mass is 341 g/mol. The van der Waals surface area contributed by atoms with Gasteiger partial charge in [0.05, 0.1) is 26.2 Å². The van der Waals surface area contributed by atoms with E-state index in [4.69, 9.17) is 9.47 Å². The molecule has 1 unspecified atom stereocenters. The third-order valence-corrected chi connectivity index (χ3v) is 4.16. The van der Waals surface area contributed by atoms with E-state index in [1.54, 1.807) is 4.90 Å². The predicted molar refractivity (Wildman–Crippen MR) is 94.4 cm³/mol. The third-order valence-electron chi connectivity index (χ3n) is 4.16. The summed E-state index contributed by atoms with van der Waals surface area (Å²) in [7, 11) is 0. The molecule has 1 fully saturated rings. The summed E-state index contributed by atoms with van der Waals surface area (Å²) in [5, 5.41) is 10.9. The molecule has 1 N–H and O–H groups in total. The van der Waals surface area contributed by atoms with Crippen LogP contribution in [0.25, 0.3) is 0 Å². The van der Waals surface area contributed by atoms with Crippen LogP contribution in [0.5, 0.6) is 5.75 Å². The summed E-state index contributed by atoms with van der Waals surface area (Å²) < 4.78 is 11.2. The van der Waals surface area contributed by atoms with E-state index in [2.05, 4.69) is 0 Å². The number of hydrogen-bond donors (Lipinski definition) is 1. The molecule has 1 amide bonds. The van der Waals surface area contributed by atoms with E-state index in [0.29, 0.717) is 25.3 Å². The van der Waals surface area contributed by atoms with Crippen LogP contribution < -0.4 is 4.74 Å². The highest BCUT2D eigenvalue weighted by Gasteiger charge is 2.35. The van der Waals surface area contributed by atoms with E-state index < -0.39 is 5.60 Å². The lowest BCUT2D eigenvalue weighted by atomic mass is 10.1. The van der Waals surface area contributed by atoms with Crippen LogP contribution in [-0.4, -0.2) is 54.4 Å². The van der Waals surface area contributed by atoms with Crippen LogP contribution in [0.2, 0.25) is 0 Å². The van der Waals surface area contributed by atoms with E-state index in [-0.39, 0.29) is 25.7 Å². The number of carbonyl (C=O) groups is 1. The summed E-state index contributed by atoms with van der Waals surface area (Å²) in [6, 6.07) is 18.9. The topological polar surface area (TPSA) is 59.0 Å². The van der Waals surface area contributed by atoms with Gasteiger partial charge < -0.3 is 19.5 Å². The van der Waals surface area contributed by atoms with Crippen LogP contribution in [0, 0.1) is 0 Å². The second kappa shape index (κ2) is 8.14. The summed E-state index contributed by atoms with van der Waals surface area (Å²) in [4.78, 5) is 14.3. The number of benzene rings is 2. The largest absolute Gasteiger partial charge is 0.490 e. The van der Waals surface area contributed by atoms with Crippen molar-refractivity contribution in [2.75, 3.05) is 32.9 Å². The van der Waals surface area contributed by atoms with Gasteiger partial charge in [-0.1, -0.05) is 48.5 Å². The standard InChI is InChI=1S/C20H23NO4/c22-19(13-17-7-3-1-4-8-17)21-11-12-24-15-20(23,14-21)16-25-18-9-5-2-6-10-18/h1-10,23H,11-16H2. The first-order valence-electron chi connectivity index (χ1n) is 8.44. The maximum Gasteiger partial charge on any atom is 0.227 e. The van der Waals surface area contributed by atoms with Crippen LogP contribution in [-0.2, 0) is 16.0 Å². The Labute approximate surface area is 147 Å². The summed E-state index contributed by atoms with van der Waals surface area (Å²) in [6.07, 6.45) is 0.316. The highest BCUT2D eigenvalue weighted by atomic mass is 16.5. The van der Waals surface area contributed by atoms with Crippen LogP contribution in [0.1, 0.15) is 5.56 Å². The van der Waals surface area contributed by atoms with Crippen molar-refractivity contribution in [3.63, 3.8) is 0 Å². The maximum absolute atomic E-state index is 12.6. The maximum atomic E-state index is 12.6. The normalized spacial score (nSPS) is 20.8. The molecular formula is C20H23NO4. The van der Waals surface area contributed by atoms with Crippen molar-refractivity contribution in [3.8, 4) is 5.75 Å². The van der Waals surface area contributed by atoms with Crippen molar-refractivity contribution >= 4 is 5.91 Å². The molecule has 0 aromatic heterocycles. The van der Waals surface area contributed by atoms with Crippen LogP contribution in [0.15, 0.2) is 60.7 Å². The van der Waals surface area contributed by atoms with Crippen molar-refractivity contribution in [3.05, 3.63) is 66.2 Å². The summed E-state index contributed by atoms with van der Waals surface area (Å²) >= 11 is 0. The van der Waals surface area contributed by atoms with Crippen LogP contribution in [0.4, 0.5) is 0 Å². The molecule has 1 saturated heterocycles. The Morgan fingerprint density at radius 2 is 1.80 bits per heavy atom. The highest BCUT2D eigenvalue weighted by Crippen LogP contribution is 2.17. The first-order valence-corrected chi connectivity index (χ1v) is 8.44. The van der Waals surface area contributed by atoms with Crippen LogP contribution >= 0.6 is 0 Å². The molecule has 1 heterocycles. The minimum Gasteiger partial charge on any atom is -0.490 e. The molecule has 5 heteroatoms. The van der Waals surface area contributed by atoms with Gasteiger partial charge in [-0.3, -0.25) is 4.79 Å². The Bertz CT molecular complexity index is 677. The van der Waals surface area contributed by atoms with Gasteiger partial charge in [0.1, 0.15) is 18.0 Å². The number of nitrogens with zero attached hydrogens (tertiary/aromatic N) is 1. The molecule has 2 aromatic carbocycles. The van der Waals surface area contributed by atoms with Crippen molar-refractivity contribution in [1.82, 2.24) is 4.90 Å². The smallest absolute Gasteiger partial charge is 0.227 e. The van der Waals surface area contributed by atoms with Crippen molar-refractivity contribution in [2.24, 2.45) is 0 Å². The molecule has 5 nitrogen and oxygen atoms in total. The number of amides is 1. The molecule has 3 rings (SSSR count). The van der Waals surface area contributed by atoms with Gasteiger partial charge in [0, 0.05) is 6.54 Å². The molecule has 1 aliphatic heterocycles. The van der Waals surface area contributed by atoms with Gasteiger partial charge in [0.25, 0.3) is 0 Å². The van der Waals surface area contributed by atoms with E-state index in [0.717, 1.165) is 5.56 Å². The Morgan fingerprint density at radius 3 is 2.52 bits per heavy atom. The zero-order valence-electron chi connectivity index (χ0n) is 14.1. The number of carbonyl (C=O) groups excluding carboxylic acids is 1. The molecule has 0 aliphatic carbocycles. The lowest BCUT2D eigenvalue weighted by Crippen LogP contribution is -2.50. The Balaban J connectivity index is 1.62. The molecule has 0 radical (unpaired) electrons. The molecule has 2 aromatic rings. The number of hydrogen-bond acceptors (Lipinski definition) is 4. The van der Waals surface area contributed by atoms with Crippen molar-refractivity contribution in [1.29, 1.82) is 0 Å². The van der Waals surface area contributed by atoms with Crippen LogP contribution in [0.3, 0.4) is 0 Å². The van der Waals surface area contributed by atoms with Gasteiger partial charge >= 0.3 is 0 Å². The fraction of sp³-hybridized carbons (Fsp3) is 0.350. The number of β-amino-alcohol motifs (C(OH)–C–C–N with tert-alkyl or cyclic N) is 1. The molecule has 0 spiro atoms. The third kappa shape index (κ3) is 5.05. The summed E-state index contributed by atoms with van der Waals surface area (Å²) in [5.41, 5.74) is -0.264. The SMILES string of the molecule is O=C(Cc1ccccc1)N1CCOCC(O)(COc2ccccc2)C1. The Kier molecular flexibility index (Phi) is 5.68. The van der Waals surface area contributed by atoms with Gasteiger partial charge in [0.2, 0.25) is 5.91 Å². The second-order valence-corrected chi connectivity index (χ2v) is 6.36. The zero-order chi connectivity index (χ0) is 17.5. The fourth-order valence-corrected chi connectivity index (χ4v) is 2.83. The number of rotatable bonds is 5. The lowest BCUT2D eigenvalue weighted by Gasteiger charge is -2.30. The van der Waals surface area contributed by atoms with Crippen molar-refractivity contribution in [2.45, 2.75) is 12.0 Å². The number of para-hydroxylation sites is 1. The molecule has 0 bridgehead atoms. The predicted octanol–water partition coefficient (Wildman–Crippen LogP) is 1.90. The summed E-state index contributed by atoms with van der Waals surface area (Å²) in [5.74, 6) is 0.664. The first-order chi connectivity index (χ1) is 12.1.